The van der Waals surface area contributed by atoms with Crippen LogP contribution in [-0.4, -0.2) is 29.9 Å². The average Bonchev–Trinajstić information content (AvgIpc) is 2.98. The lowest BCUT2D eigenvalue weighted by atomic mass is 9.80. The molecule has 1 aliphatic rings. The zero-order valence-corrected chi connectivity index (χ0v) is 11.0. The Balaban J connectivity index is 1.93. The predicted molar refractivity (Wildman–Crippen MR) is 70.5 cm³/mol. The zero-order valence-electron chi connectivity index (χ0n) is 11.0. The van der Waals surface area contributed by atoms with Gasteiger partial charge in [0.1, 0.15) is 5.82 Å². The molecule has 1 aliphatic heterocycles. The first kappa shape index (κ1) is 13.2. The molecular formula is C14H16FN3O2. The van der Waals surface area contributed by atoms with Crippen LogP contribution >= 0.6 is 0 Å². The zero-order chi connectivity index (χ0) is 14.0. The Hall–Kier alpha value is -1.79. The van der Waals surface area contributed by atoms with E-state index in [9.17, 15) is 4.39 Å². The lowest BCUT2D eigenvalue weighted by molar-refractivity contribution is 0.0409. The van der Waals surface area contributed by atoms with Gasteiger partial charge in [-0.1, -0.05) is 17.3 Å². The minimum Gasteiger partial charge on any atom is -0.381 e. The third-order valence-corrected chi connectivity index (χ3v) is 3.80. The highest BCUT2D eigenvalue weighted by Crippen LogP contribution is 2.33. The minimum absolute atomic E-state index is 0.323. The van der Waals surface area contributed by atoms with E-state index in [0.29, 0.717) is 37.0 Å². The predicted octanol–water partition coefficient (Wildman–Crippen LogP) is 1.88. The van der Waals surface area contributed by atoms with Crippen LogP contribution in [0.1, 0.15) is 18.7 Å². The first-order chi connectivity index (χ1) is 9.73. The van der Waals surface area contributed by atoms with Crippen LogP contribution in [0.4, 0.5) is 4.39 Å². The van der Waals surface area contributed by atoms with Gasteiger partial charge in [-0.25, -0.2) is 4.39 Å². The van der Waals surface area contributed by atoms with Gasteiger partial charge in [-0.05, 0) is 25.0 Å². The van der Waals surface area contributed by atoms with Crippen molar-refractivity contribution in [3.05, 3.63) is 36.0 Å². The van der Waals surface area contributed by atoms with E-state index >= 15 is 0 Å². The maximum absolute atomic E-state index is 13.2. The Morgan fingerprint density at radius 2 is 2.10 bits per heavy atom. The smallest absolute Gasteiger partial charge is 0.234 e. The summed E-state index contributed by atoms with van der Waals surface area (Å²) in [6.07, 6.45) is 1.52. The maximum atomic E-state index is 13.2. The highest BCUT2D eigenvalue weighted by Gasteiger charge is 2.38. The molecule has 0 aliphatic carbocycles. The number of hydrogen-bond donors (Lipinski definition) is 1. The van der Waals surface area contributed by atoms with Gasteiger partial charge in [0.2, 0.25) is 11.7 Å². The molecule has 0 saturated carbocycles. The number of hydrogen-bond acceptors (Lipinski definition) is 5. The van der Waals surface area contributed by atoms with Crippen molar-refractivity contribution in [2.75, 3.05) is 19.8 Å². The van der Waals surface area contributed by atoms with Crippen molar-refractivity contribution in [1.29, 1.82) is 0 Å². The normalized spacial score (nSPS) is 18.1. The highest BCUT2D eigenvalue weighted by molar-refractivity contribution is 5.54. The van der Waals surface area contributed by atoms with Crippen molar-refractivity contribution >= 4 is 0 Å². The summed E-state index contributed by atoms with van der Waals surface area (Å²) in [7, 11) is 0. The molecule has 6 heteroatoms. The van der Waals surface area contributed by atoms with Crippen molar-refractivity contribution in [1.82, 2.24) is 10.1 Å². The molecule has 5 nitrogen and oxygen atoms in total. The van der Waals surface area contributed by atoms with Crippen LogP contribution in [0.25, 0.3) is 11.4 Å². The topological polar surface area (TPSA) is 74.2 Å². The number of benzene rings is 1. The van der Waals surface area contributed by atoms with Crippen LogP contribution in [0.3, 0.4) is 0 Å². The average molecular weight is 277 g/mol. The van der Waals surface area contributed by atoms with Gasteiger partial charge in [-0.2, -0.15) is 4.98 Å². The van der Waals surface area contributed by atoms with Crippen LogP contribution in [-0.2, 0) is 10.2 Å². The molecule has 1 aromatic heterocycles. The third kappa shape index (κ3) is 2.32. The monoisotopic (exact) mass is 277 g/mol. The van der Waals surface area contributed by atoms with Gasteiger partial charge < -0.3 is 15.0 Å². The van der Waals surface area contributed by atoms with Gasteiger partial charge in [0.15, 0.2) is 0 Å². The van der Waals surface area contributed by atoms with E-state index in [2.05, 4.69) is 10.1 Å². The first-order valence-electron chi connectivity index (χ1n) is 6.61. The Labute approximate surface area is 115 Å². The SMILES string of the molecule is NCC1(c2nc(-c3cccc(F)c3)no2)CCOCC1. The molecule has 20 heavy (non-hydrogen) atoms. The maximum Gasteiger partial charge on any atom is 0.234 e. The quantitative estimate of drug-likeness (QED) is 0.927. The van der Waals surface area contributed by atoms with E-state index < -0.39 is 0 Å². The number of nitrogens with two attached hydrogens (primary N) is 1. The van der Waals surface area contributed by atoms with Crippen molar-refractivity contribution in [3.63, 3.8) is 0 Å². The lowest BCUT2D eigenvalue weighted by Gasteiger charge is -2.32. The van der Waals surface area contributed by atoms with Gasteiger partial charge >= 0.3 is 0 Å². The third-order valence-electron chi connectivity index (χ3n) is 3.80. The molecule has 0 atom stereocenters. The number of ether oxygens (including phenoxy) is 1. The second-order valence-electron chi connectivity index (χ2n) is 5.03. The molecular weight excluding hydrogens is 261 g/mol. The number of aromatic nitrogens is 2. The van der Waals surface area contributed by atoms with Crippen LogP contribution in [0.5, 0.6) is 0 Å². The fourth-order valence-corrected chi connectivity index (χ4v) is 2.45. The van der Waals surface area contributed by atoms with Crippen molar-refractivity contribution < 1.29 is 13.7 Å². The Kier molecular flexibility index (Phi) is 3.50. The Bertz CT molecular complexity index is 594. The summed E-state index contributed by atoms with van der Waals surface area (Å²) in [5.74, 6) is 0.579. The second-order valence-corrected chi connectivity index (χ2v) is 5.03. The van der Waals surface area contributed by atoms with E-state index in [-0.39, 0.29) is 11.2 Å². The van der Waals surface area contributed by atoms with Crippen molar-refractivity contribution in [2.24, 2.45) is 5.73 Å². The molecule has 1 aromatic carbocycles. The molecule has 0 radical (unpaired) electrons. The molecule has 3 rings (SSSR count). The Morgan fingerprint density at radius 3 is 2.80 bits per heavy atom. The molecule has 2 aromatic rings. The van der Waals surface area contributed by atoms with Gasteiger partial charge in [-0.15, -0.1) is 0 Å². The molecule has 106 valence electrons. The van der Waals surface area contributed by atoms with Gasteiger partial charge in [0.05, 0.1) is 5.41 Å². The summed E-state index contributed by atoms with van der Waals surface area (Å²) in [5, 5.41) is 3.95. The summed E-state index contributed by atoms with van der Waals surface area (Å²) < 4.78 is 24.0. The molecule has 2 N–H and O–H groups in total. The van der Waals surface area contributed by atoms with Gasteiger partial charge in [0, 0.05) is 25.3 Å². The molecule has 0 bridgehead atoms. The summed E-state index contributed by atoms with van der Waals surface area (Å²) >= 11 is 0. The van der Waals surface area contributed by atoms with E-state index in [1.807, 2.05) is 0 Å². The largest absolute Gasteiger partial charge is 0.381 e. The lowest BCUT2D eigenvalue weighted by Crippen LogP contribution is -2.40. The van der Waals surface area contributed by atoms with Crippen molar-refractivity contribution in [2.45, 2.75) is 18.3 Å². The number of nitrogens with zero attached hydrogens (tertiary/aromatic N) is 2. The van der Waals surface area contributed by atoms with Crippen LogP contribution in [0, 0.1) is 5.82 Å². The first-order valence-corrected chi connectivity index (χ1v) is 6.61. The molecule has 1 saturated heterocycles. The Morgan fingerprint density at radius 1 is 1.30 bits per heavy atom. The molecule has 1 fully saturated rings. The van der Waals surface area contributed by atoms with E-state index in [1.54, 1.807) is 12.1 Å². The summed E-state index contributed by atoms with van der Waals surface area (Å²) in [6.45, 7) is 1.70. The molecule has 0 amide bonds. The number of rotatable bonds is 3. The fraction of sp³-hybridized carbons (Fsp3) is 0.429. The molecule has 2 heterocycles. The van der Waals surface area contributed by atoms with Crippen molar-refractivity contribution in [3.8, 4) is 11.4 Å². The van der Waals surface area contributed by atoms with E-state index in [4.69, 9.17) is 15.0 Å². The standard InChI is InChI=1S/C14H16FN3O2/c15-11-3-1-2-10(8-11)12-17-13(20-18-12)14(9-16)4-6-19-7-5-14/h1-3,8H,4-7,9,16H2. The summed E-state index contributed by atoms with van der Waals surface area (Å²) in [5.41, 5.74) is 6.17. The number of halogens is 1. The van der Waals surface area contributed by atoms with Gasteiger partial charge in [0.25, 0.3) is 0 Å². The fourth-order valence-electron chi connectivity index (χ4n) is 2.45. The minimum atomic E-state index is -0.326. The van der Waals surface area contributed by atoms with E-state index in [1.165, 1.54) is 12.1 Å². The summed E-state index contributed by atoms with van der Waals surface area (Å²) in [4.78, 5) is 4.41. The molecule has 0 spiro atoms. The second kappa shape index (κ2) is 5.30. The highest BCUT2D eigenvalue weighted by atomic mass is 19.1. The van der Waals surface area contributed by atoms with Crippen LogP contribution in [0.15, 0.2) is 28.8 Å². The van der Waals surface area contributed by atoms with Crippen LogP contribution < -0.4 is 5.73 Å². The summed E-state index contributed by atoms with van der Waals surface area (Å²) in [6, 6.07) is 6.13. The van der Waals surface area contributed by atoms with Crippen LogP contribution in [0.2, 0.25) is 0 Å². The van der Waals surface area contributed by atoms with E-state index in [0.717, 1.165) is 12.8 Å². The molecule has 0 unspecified atom stereocenters. The van der Waals surface area contributed by atoms with Gasteiger partial charge in [-0.3, -0.25) is 0 Å².